The van der Waals surface area contributed by atoms with E-state index in [-0.39, 0.29) is 23.8 Å². The Balaban J connectivity index is 1.33. The van der Waals surface area contributed by atoms with Crippen LogP contribution < -0.4 is 14.8 Å². The molecule has 142 valence electrons. The Bertz CT molecular complexity index is 865. The summed E-state index contributed by atoms with van der Waals surface area (Å²) in [5.41, 5.74) is 1.17. The monoisotopic (exact) mass is 368 g/mol. The fourth-order valence-corrected chi connectivity index (χ4v) is 4.24. The molecule has 1 saturated carbocycles. The summed E-state index contributed by atoms with van der Waals surface area (Å²) in [6.45, 7) is 3.47. The van der Waals surface area contributed by atoms with Crippen molar-refractivity contribution in [1.29, 1.82) is 0 Å². The number of fused-ring (bicyclic) bond motifs is 1. The molecule has 1 saturated heterocycles. The topological polar surface area (TPSA) is 68.6 Å². The first kappa shape index (κ1) is 16.6. The van der Waals surface area contributed by atoms with Crippen LogP contribution in [0.25, 0.3) is 0 Å². The predicted octanol–water partition coefficient (Wildman–Crippen LogP) is 1.47. The van der Waals surface area contributed by atoms with E-state index < -0.39 is 0 Å². The predicted molar refractivity (Wildman–Crippen MR) is 98.8 cm³/mol. The molecular weight excluding hydrogens is 344 g/mol. The van der Waals surface area contributed by atoms with Gasteiger partial charge in [-0.3, -0.25) is 4.79 Å². The standard InChI is InChI=1S/C20H24N4O3/c1-23-6-5-22-19(23)16-12-21-4-7-24(16)20(25)15-11-14(15)13-2-3-17-18(10-13)27-9-8-26-17/h2-3,5-6,10,14-16,21H,4,7-9,11-12H2,1H3. The molecule has 1 aromatic heterocycles. The smallest absolute Gasteiger partial charge is 0.227 e. The molecule has 0 bridgehead atoms. The molecule has 3 aliphatic rings. The first-order valence-electron chi connectivity index (χ1n) is 9.60. The average molecular weight is 368 g/mol. The molecule has 7 heteroatoms. The summed E-state index contributed by atoms with van der Waals surface area (Å²) in [5, 5.41) is 3.39. The Labute approximate surface area is 158 Å². The van der Waals surface area contributed by atoms with E-state index in [9.17, 15) is 4.79 Å². The second kappa shape index (κ2) is 6.56. The molecule has 1 aliphatic carbocycles. The molecule has 3 heterocycles. The number of benzene rings is 1. The lowest BCUT2D eigenvalue weighted by Gasteiger charge is -2.36. The molecule has 3 atom stereocenters. The van der Waals surface area contributed by atoms with Gasteiger partial charge in [-0.15, -0.1) is 0 Å². The highest BCUT2D eigenvalue weighted by Crippen LogP contribution is 2.50. The van der Waals surface area contributed by atoms with Gasteiger partial charge in [0.1, 0.15) is 25.1 Å². The summed E-state index contributed by atoms with van der Waals surface area (Å²) in [4.78, 5) is 19.7. The number of hydrogen-bond donors (Lipinski definition) is 1. The highest BCUT2D eigenvalue weighted by molar-refractivity contribution is 5.83. The second-order valence-corrected chi connectivity index (χ2v) is 7.50. The van der Waals surface area contributed by atoms with E-state index in [1.807, 2.05) is 34.8 Å². The molecule has 2 aromatic rings. The number of nitrogens with one attached hydrogen (secondary N) is 1. The van der Waals surface area contributed by atoms with Gasteiger partial charge in [-0.25, -0.2) is 4.98 Å². The third kappa shape index (κ3) is 2.96. The van der Waals surface area contributed by atoms with Gasteiger partial charge < -0.3 is 24.3 Å². The highest BCUT2D eigenvalue weighted by atomic mass is 16.6. The molecule has 0 spiro atoms. The molecule has 2 aliphatic heterocycles. The minimum Gasteiger partial charge on any atom is -0.486 e. The van der Waals surface area contributed by atoms with Gasteiger partial charge in [-0.05, 0) is 30.0 Å². The molecule has 7 nitrogen and oxygen atoms in total. The van der Waals surface area contributed by atoms with E-state index in [0.29, 0.717) is 13.2 Å². The van der Waals surface area contributed by atoms with Crippen molar-refractivity contribution in [3.63, 3.8) is 0 Å². The molecular formula is C20H24N4O3. The van der Waals surface area contributed by atoms with Crippen LogP contribution in [0.15, 0.2) is 30.6 Å². The zero-order valence-corrected chi connectivity index (χ0v) is 15.4. The summed E-state index contributed by atoms with van der Waals surface area (Å²) < 4.78 is 13.3. The molecule has 2 fully saturated rings. The zero-order chi connectivity index (χ0) is 18.4. The maximum atomic E-state index is 13.3. The number of carbonyl (C=O) groups is 1. The van der Waals surface area contributed by atoms with Crippen molar-refractivity contribution < 1.29 is 14.3 Å². The normalized spacial score (nSPS) is 26.7. The molecule has 3 unspecified atom stereocenters. The Morgan fingerprint density at radius 2 is 2.11 bits per heavy atom. The number of hydrogen-bond acceptors (Lipinski definition) is 5. The van der Waals surface area contributed by atoms with E-state index in [4.69, 9.17) is 9.47 Å². The molecule has 1 amide bonds. The second-order valence-electron chi connectivity index (χ2n) is 7.50. The summed E-state index contributed by atoms with van der Waals surface area (Å²) in [6.07, 6.45) is 4.62. The first-order chi connectivity index (χ1) is 13.2. The fourth-order valence-electron chi connectivity index (χ4n) is 4.24. The van der Waals surface area contributed by atoms with E-state index in [2.05, 4.69) is 16.4 Å². The number of aryl methyl sites for hydroxylation is 1. The number of imidazole rings is 1. The van der Waals surface area contributed by atoms with Gasteiger partial charge >= 0.3 is 0 Å². The number of ether oxygens (including phenoxy) is 2. The van der Waals surface area contributed by atoms with E-state index in [0.717, 1.165) is 43.4 Å². The summed E-state index contributed by atoms with van der Waals surface area (Å²) in [6, 6.07) is 6.07. The maximum absolute atomic E-state index is 13.3. The van der Waals surface area contributed by atoms with Crippen LogP contribution >= 0.6 is 0 Å². The minimum absolute atomic E-state index is 0.00670. The number of rotatable bonds is 3. The van der Waals surface area contributed by atoms with Crippen LogP contribution in [0.5, 0.6) is 11.5 Å². The number of aromatic nitrogens is 2. The molecule has 1 N–H and O–H groups in total. The Hall–Kier alpha value is -2.54. The lowest BCUT2D eigenvalue weighted by molar-refractivity contribution is -0.136. The van der Waals surface area contributed by atoms with Crippen molar-refractivity contribution in [3.05, 3.63) is 42.0 Å². The number of amides is 1. The van der Waals surface area contributed by atoms with Gasteiger partial charge in [0, 0.05) is 45.0 Å². The molecule has 27 heavy (non-hydrogen) atoms. The molecule has 1 aromatic carbocycles. The van der Waals surface area contributed by atoms with E-state index in [1.54, 1.807) is 6.20 Å². The molecule has 5 rings (SSSR count). The van der Waals surface area contributed by atoms with Crippen LogP contribution in [0.4, 0.5) is 0 Å². The van der Waals surface area contributed by atoms with Crippen LogP contribution in [0, 0.1) is 5.92 Å². The van der Waals surface area contributed by atoms with E-state index in [1.165, 1.54) is 5.56 Å². The minimum atomic E-state index is -0.00670. The van der Waals surface area contributed by atoms with Crippen LogP contribution in [0.3, 0.4) is 0 Å². The number of carbonyl (C=O) groups excluding carboxylic acids is 1. The summed E-state index contributed by atoms with van der Waals surface area (Å²) >= 11 is 0. The van der Waals surface area contributed by atoms with Gasteiger partial charge in [0.2, 0.25) is 5.91 Å². The van der Waals surface area contributed by atoms with Crippen molar-refractivity contribution in [3.8, 4) is 11.5 Å². The van der Waals surface area contributed by atoms with Gasteiger partial charge in [-0.2, -0.15) is 0 Å². The Morgan fingerprint density at radius 1 is 1.26 bits per heavy atom. The lowest BCUT2D eigenvalue weighted by atomic mass is 10.1. The van der Waals surface area contributed by atoms with Gasteiger partial charge in [0.05, 0.1) is 0 Å². The number of nitrogens with zero attached hydrogens (tertiary/aromatic N) is 3. The summed E-state index contributed by atoms with van der Waals surface area (Å²) in [5.74, 6) is 3.09. The van der Waals surface area contributed by atoms with Crippen molar-refractivity contribution in [1.82, 2.24) is 19.8 Å². The van der Waals surface area contributed by atoms with Gasteiger partial charge in [-0.1, -0.05) is 6.07 Å². The van der Waals surface area contributed by atoms with Crippen molar-refractivity contribution in [2.24, 2.45) is 13.0 Å². The van der Waals surface area contributed by atoms with Crippen LogP contribution in [-0.2, 0) is 11.8 Å². The quantitative estimate of drug-likeness (QED) is 0.889. The van der Waals surface area contributed by atoms with Crippen LogP contribution in [0.2, 0.25) is 0 Å². The third-order valence-corrected chi connectivity index (χ3v) is 5.78. The van der Waals surface area contributed by atoms with Gasteiger partial charge in [0.25, 0.3) is 0 Å². The van der Waals surface area contributed by atoms with Gasteiger partial charge in [0.15, 0.2) is 11.5 Å². The first-order valence-corrected chi connectivity index (χ1v) is 9.60. The Morgan fingerprint density at radius 3 is 2.93 bits per heavy atom. The largest absolute Gasteiger partial charge is 0.486 e. The SMILES string of the molecule is Cn1ccnc1C1CNCCN1C(=O)C1CC1c1ccc2c(c1)OCCO2. The van der Waals surface area contributed by atoms with Crippen molar-refractivity contribution >= 4 is 5.91 Å². The van der Waals surface area contributed by atoms with Crippen LogP contribution in [-0.4, -0.2) is 53.2 Å². The Kier molecular flexibility index (Phi) is 4.04. The van der Waals surface area contributed by atoms with Crippen molar-refractivity contribution in [2.45, 2.75) is 18.4 Å². The summed E-state index contributed by atoms with van der Waals surface area (Å²) in [7, 11) is 1.98. The van der Waals surface area contributed by atoms with E-state index >= 15 is 0 Å². The highest BCUT2D eigenvalue weighted by Gasteiger charge is 2.48. The van der Waals surface area contributed by atoms with Crippen LogP contribution in [0.1, 0.15) is 29.8 Å². The average Bonchev–Trinajstić information content (AvgIpc) is 3.40. The zero-order valence-electron chi connectivity index (χ0n) is 15.4. The number of piperazine rings is 1. The maximum Gasteiger partial charge on any atom is 0.227 e. The molecule has 0 radical (unpaired) electrons. The van der Waals surface area contributed by atoms with Crippen molar-refractivity contribution in [2.75, 3.05) is 32.8 Å². The fraction of sp³-hybridized carbons (Fsp3) is 0.500. The third-order valence-electron chi connectivity index (χ3n) is 5.78. The lowest BCUT2D eigenvalue weighted by Crippen LogP contribution is -2.50.